The molecule has 0 aromatic heterocycles. The van der Waals surface area contributed by atoms with E-state index in [0.717, 1.165) is 0 Å². The Morgan fingerprint density at radius 3 is 1.75 bits per heavy atom. The Kier molecular flexibility index (Phi) is 3.82. The van der Waals surface area contributed by atoms with Crippen molar-refractivity contribution in [1.29, 1.82) is 0 Å². The van der Waals surface area contributed by atoms with Gasteiger partial charge >= 0.3 is 0 Å². The molecule has 4 nitrogen and oxygen atoms in total. The molecular weight excluding hydrogens is 208 g/mol. The van der Waals surface area contributed by atoms with Crippen LogP contribution in [0.15, 0.2) is 0 Å². The first kappa shape index (κ1) is 11.4. The molecule has 2 aliphatic heterocycles. The average molecular weight is 222 g/mol. The van der Waals surface area contributed by atoms with Crippen LogP contribution >= 0.6 is 0 Å². The van der Waals surface area contributed by atoms with E-state index in [2.05, 4.69) is 11.8 Å². The number of ether oxygens (including phenoxy) is 4. The van der Waals surface area contributed by atoms with Crippen molar-refractivity contribution in [2.75, 3.05) is 26.4 Å². The molecule has 0 radical (unpaired) electrons. The third-order valence-corrected chi connectivity index (χ3v) is 2.72. The van der Waals surface area contributed by atoms with E-state index < -0.39 is 0 Å². The van der Waals surface area contributed by atoms with E-state index in [1.165, 1.54) is 0 Å². The summed E-state index contributed by atoms with van der Waals surface area (Å²) in [5, 5.41) is 0. The summed E-state index contributed by atoms with van der Waals surface area (Å²) in [6.07, 6.45) is 9.90. The van der Waals surface area contributed by atoms with Crippen molar-refractivity contribution in [3.63, 3.8) is 0 Å². The Balaban J connectivity index is 1.86. The van der Waals surface area contributed by atoms with Crippen LogP contribution in [-0.2, 0) is 18.9 Å². The molecule has 0 bridgehead atoms. The van der Waals surface area contributed by atoms with Crippen LogP contribution in [0, 0.1) is 24.7 Å². The highest BCUT2D eigenvalue weighted by Crippen LogP contribution is 2.30. The Morgan fingerprint density at radius 2 is 1.38 bits per heavy atom. The predicted molar refractivity (Wildman–Crippen MR) is 56.6 cm³/mol. The second kappa shape index (κ2) is 5.34. The lowest BCUT2D eigenvalue weighted by Gasteiger charge is -2.15. The lowest BCUT2D eigenvalue weighted by atomic mass is 10.1. The number of rotatable bonds is 4. The van der Waals surface area contributed by atoms with Gasteiger partial charge in [0.05, 0.1) is 13.2 Å². The molecule has 0 N–H and O–H groups in total. The highest BCUT2D eigenvalue weighted by molar-refractivity contribution is 4.97. The monoisotopic (exact) mass is 222 g/mol. The molecule has 0 aromatic carbocycles. The van der Waals surface area contributed by atoms with Gasteiger partial charge in [0.15, 0.2) is 0 Å². The fraction of sp³-hybridized carbons (Fsp3) is 0.667. The molecule has 0 aliphatic carbocycles. The fourth-order valence-corrected chi connectivity index (χ4v) is 2.03. The number of terminal acetylenes is 2. The molecule has 4 heteroatoms. The van der Waals surface area contributed by atoms with Gasteiger partial charge in [-0.2, -0.15) is 0 Å². The van der Waals surface area contributed by atoms with Gasteiger partial charge in [-0.3, -0.25) is 0 Å². The largest absolute Gasteiger partial charge is 0.370 e. The molecule has 2 saturated heterocycles. The molecule has 2 heterocycles. The standard InChI is InChI=1S/C12H14O4/c1-3-5-13-9-7-15-12-10(14-6-4-2)8-16-11(9)12/h1-2,9-12H,5-8H2. The number of hydrogen-bond acceptors (Lipinski definition) is 4. The van der Waals surface area contributed by atoms with Gasteiger partial charge in [-0.25, -0.2) is 0 Å². The predicted octanol–water partition coefficient (Wildman–Crippen LogP) is -0.179. The molecule has 4 atom stereocenters. The molecule has 16 heavy (non-hydrogen) atoms. The van der Waals surface area contributed by atoms with Crippen LogP contribution in [-0.4, -0.2) is 50.8 Å². The minimum absolute atomic E-state index is 0.0869. The van der Waals surface area contributed by atoms with E-state index in [1.54, 1.807) is 0 Å². The molecular formula is C12H14O4. The number of hydrogen-bond donors (Lipinski definition) is 0. The minimum atomic E-state index is -0.0968. The van der Waals surface area contributed by atoms with Crippen LogP contribution in [0.5, 0.6) is 0 Å². The molecule has 0 amide bonds. The van der Waals surface area contributed by atoms with Crippen molar-refractivity contribution < 1.29 is 18.9 Å². The molecule has 2 rings (SSSR count). The zero-order chi connectivity index (χ0) is 11.4. The van der Waals surface area contributed by atoms with Gasteiger partial charge in [0.2, 0.25) is 0 Å². The van der Waals surface area contributed by atoms with Crippen molar-refractivity contribution in [2.45, 2.75) is 24.4 Å². The van der Waals surface area contributed by atoms with Gasteiger partial charge in [-0.1, -0.05) is 11.8 Å². The smallest absolute Gasteiger partial charge is 0.115 e. The second-order valence-electron chi connectivity index (χ2n) is 3.70. The molecule has 4 unspecified atom stereocenters. The minimum Gasteiger partial charge on any atom is -0.370 e. The maximum atomic E-state index is 5.58. The summed E-state index contributed by atoms with van der Waals surface area (Å²) in [5.41, 5.74) is 0. The Morgan fingerprint density at radius 1 is 0.938 bits per heavy atom. The van der Waals surface area contributed by atoms with Crippen molar-refractivity contribution in [3.8, 4) is 24.7 Å². The molecule has 0 spiro atoms. The van der Waals surface area contributed by atoms with Crippen LogP contribution in [0.4, 0.5) is 0 Å². The van der Waals surface area contributed by atoms with E-state index >= 15 is 0 Å². The van der Waals surface area contributed by atoms with Crippen molar-refractivity contribution in [1.82, 2.24) is 0 Å². The first-order valence-electron chi connectivity index (χ1n) is 5.20. The molecule has 2 fully saturated rings. The fourth-order valence-electron chi connectivity index (χ4n) is 2.03. The van der Waals surface area contributed by atoms with Gasteiger partial charge < -0.3 is 18.9 Å². The maximum absolute atomic E-state index is 5.58. The van der Waals surface area contributed by atoms with Crippen LogP contribution in [0.2, 0.25) is 0 Å². The normalized spacial score (nSPS) is 36.6. The molecule has 0 aromatic rings. The highest BCUT2D eigenvalue weighted by atomic mass is 16.6. The van der Waals surface area contributed by atoms with Gasteiger partial charge in [0.25, 0.3) is 0 Å². The quantitative estimate of drug-likeness (QED) is 0.618. The zero-order valence-corrected chi connectivity index (χ0v) is 8.93. The van der Waals surface area contributed by atoms with Crippen LogP contribution < -0.4 is 0 Å². The summed E-state index contributed by atoms with van der Waals surface area (Å²) in [6, 6.07) is 0. The highest BCUT2D eigenvalue weighted by Gasteiger charge is 2.48. The molecule has 86 valence electrons. The first-order chi connectivity index (χ1) is 7.86. The van der Waals surface area contributed by atoms with E-state index in [4.69, 9.17) is 31.8 Å². The number of fused-ring (bicyclic) bond motifs is 1. The summed E-state index contributed by atoms with van der Waals surface area (Å²) in [7, 11) is 0. The van der Waals surface area contributed by atoms with E-state index in [1.807, 2.05) is 0 Å². The first-order valence-corrected chi connectivity index (χ1v) is 5.20. The van der Waals surface area contributed by atoms with Gasteiger partial charge in [-0.05, 0) is 0 Å². The summed E-state index contributed by atoms with van der Waals surface area (Å²) < 4.78 is 22.0. The third-order valence-electron chi connectivity index (χ3n) is 2.72. The Hall–Kier alpha value is -1.04. The van der Waals surface area contributed by atoms with Gasteiger partial charge in [0.1, 0.15) is 37.6 Å². The van der Waals surface area contributed by atoms with Crippen LogP contribution in [0.1, 0.15) is 0 Å². The van der Waals surface area contributed by atoms with Gasteiger partial charge in [-0.15, -0.1) is 12.8 Å². The van der Waals surface area contributed by atoms with Gasteiger partial charge in [0, 0.05) is 0 Å². The lowest BCUT2D eigenvalue weighted by Crippen LogP contribution is -2.34. The SMILES string of the molecule is C#CCOC1COC2C(OCC#C)COC12. The molecule has 0 saturated carbocycles. The summed E-state index contributed by atoms with van der Waals surface area (Å²) in [4.78, 5) is 0. The zero-order valence-electron chi connectivity index (χ0n) is 8.93. The maximum Gasteiger partial charge on any atom is 0.115 e. The summed E-state index contributed by atoms with van der Waals surface area (Å²) in [5.74, 6) is 4.86. The van der Waals surface area contributed by atoms with E-state index in [-0.39, 0.29) is 37.6 Å². The van der Waals surface area contributed by atoms with Crippen molar-refractivity contribution in [3.05, 3.63) is 0 Å². The van der Waals surface area contributed by atoms with E-state index in [0.29, 0.717) is 13.2 Å². The summed E-state index contributed by atoms with van der Waals surface area (Å²) in [6.45, 7) is 1.53. The Labute approximate surface area is 95.2 Å². The van der Waals surface area contributed by atoms with Crippen molar-refractivity contribution in [2.24, 2.45) is 0 Å². The lowest BCUT2D eigenvalue weighted by molar-refractivity contribution is -0.0385. The van der Waals surface area contributed by atoms with Crippen LogP contribution in [0.25, 0.3) is 0 Å². The molecule has 2 aliphatic rings. The van der Waals surface area contributed by atoms with Crippen molar-refractivity contribution >= 4 is 0 Å². The van der Waals surface area contributed by atoms with E-state index in [9.17, 15) is 0 Å². The Bertz CT molecular complexity index is 282. The van der Waals surface area contributed by atoms with Crippen LogP contribution in [0.3, 0.4) is 0 Å². The third kappa shape index (κ3) is 2.21. The topological polar surface area (TPSA) is 36.9 Å². The average Bonchev–Trinajstić information content (AvgIpc) is 2.86. The summed E-state index contributed by atoms with van der Waals surface area (Å²) >= 11 is 0. The second-order valence-corrected chi connectivity index (χ2v) is 3.70.